The largest absolute Gasteiger partial charge is 0.381 e. The summed E-state index contributed by atoms with van der Waals surface area (Å²) in [5, 5.41) is 3.53. The van der Waals surface area contributed by atoms with E-state index < -0.39 is 0 Å². The zero-order chi connectivity index (χ0) is 18.2. The lowest BCUT2D eigenvalue weighted by Crippen LogP contribution is -2.33. The molecule has 1 aromatic carbocycles. The summed E-state index contributed by atoms with van der Waals surface area (Å²) in [6.07, 6.45) is 3.21. The van der Waals surface area contributed by atoms with E-state index in [4.69, 9.17) is 16.3 Å². The summed E-state index contributed by atoms with van der Waals surface area (Å²) in [6.45, 7) is 6.44. The summed E-state index contributed by atoms with van der Waals surface area (Å²) in [6, 6.07) is 5.53. The lowest BCUT2D eigenvalue weighted by Gasteiger charge is -2.17. The number of nitrogens with one attached hydrogen (secondary N) is 1. The Morgan fingerprint density at radius 3 is 2.84 bits per heavy atom. The van der Waals surface area contributed by atoms with Crippen LogP contribution in [-0.2, 0) is 14.3 Å². The first kappa shape index (κ1) is 19.7. The number of nitrogens with zero attached hydrogens (tertiary/aromatic N) is 1. The number of carbonyl (C=O) groups is 2. The summed E-state index contributed by atoms with van der Waals surface area (Å²) in [4.78, 5) is 26.2. The fraction of sp³-hybridized carbons (Fsp3) is 0.579. The van der Waals surface area contributed by atoms with E-state index >= 15 is 0 Å². The number of rotatable bonds is 9. The van der Waals surface area contributed by atoms with Gasteiger partial charge in [-0.15, -0.1) is 0 Å². The summed E-state index contributed by atoms with van der Waals surface area (Å²) in [7, 11) is 0. The van der Waals surface area contributed by atoms with Gasteiger partial charge in [-0.1, -0.05) is 31.0 Å². The molecule has 1 aromatic rings. The second-order valence-electron chi connectivity index (χ2n) is 6.45. The van der Waals surface area contributed by atoms with Crippen LogP contribution in [0.15, 0.2) is 18.2 Å². The van der Waals surface area contributed by atoms with Crippen molar-refractivity contribution in [1.82, 2.24) is 5.32 Å². The number of halogens is 1. The normalized spacial score (nSPS) is 17.2. The van der Waals surface area contributed by atoms with Crippen LogP contribution in [0, 0.1) is 12.8 Å². The molecule has 138 valence electrons. The van der Waals surface area contributed by atoms with Gasteiger partial charge in [-0.05, 0) is 37.5 Å². The van der Waals surface area contributed by atoms with Gasteiger partial charge in [0.2, 0.25) is 11.8 Å². The number of hydrogen-bond donors (Lipinski definition) is 1. The van der Waals surface area contributed by atoms with Crippen molar-refractivity contribution < 1.29 is 14.3 Å². The zero-order valence-electron chi connectivity index (χ0n) is 15.0. The van der Waals surface area contributed by atoms with Gasteiger partial charge < -0.3 is 15.0 Å². The Labute approximate surface area is 154 Å². The van der Waals surface area contributed by atoms with Crippen LogP contribution < -0.4 is 10.2 Å². The topological polar surface area (TPSA) is 58.6 Å². The number of anilines is 1. The molecule has 1 heterocycles. The highest BCUT2D eigenvalue weighted by molar-refractivity contribution is 6.31. The van der Waals surface area contributed by atoms with Crippen LogP contribution in [-0.4, -0.2) is 38.1 Å². The van der Waals surface area contributed by atoms with Gasteiger partial charge in [-0.2, -0.15) is 0 Å². The summed E-state index contributed by atoms with van der Waals surface area (Å²) >= 11 is 6.14. The maximum Gasteiger partial charge on any atom is 0.227 e. The van der Waals surface area contributed by atoms with Crippen molar-refractivity contribution in [2.45, 2.75) is 39.5 Å². The minimum Gasteiger partial charge on any atom is -0.381 e. The smallest absolute Gasteiger partial charge is 0.227 e. The monoisotopic (exact) mass is 366 g/mol. The van der Waals surface area contributed by atoms with Gasteiger partial charge in [0, 0.05) is 43.4 Å². The van der Waals surface area contributed by atoms with Gasteiger partial charge >= 0.3 is 0 Å². The predicted octanol–water partition coefficient (Wildman–Crippen LogP) is 3.32. The molecule has 0 bridgehead atoms. The van der Waals surface area contributed by atoms with Crippen LogP contribution >= 0.6 is 11.6 Å². The maximum absolute atomic E-state index is 12.3. The molecule has 1 atom stereocenters. The number of ether oxygens (including phenoxy) is 1. The Kier molecular flexibility index (Phi) is 7.72. The standard InChI is InChI=1S/C19H27ClN2O3/c1-3-4-9-25-10-5-8-21-19(24)15-11-18(23)22(13-15)16-7-6-14(2)17(20)12-16/h6-7,12,15H,3-5,8-11,13H2,1-2H3,(H,21,24)/t15-/m1/s1. The number of carbonyl (C=O) groups excluding carboxylic acids is 2. The maximum atomic E-state index is 12.3. The lowest BCUT2D eigenvalue weighted by molar-refractivity contribution is -0.126. The molecule has 2 amide bonds. The molecule has 1 aliphatic heterocycles. The van der Waals surface area contributed by atoms with E-state index in [0.29, 0.717) is 24.7 Å². The summed E-state index contributed by atoms with van der Waals surface area (Å²) in [5.41, 5.74) is 1.72. The SMILES string of the molecule is CCCCOCCCNC(=O)[C@@H]1CC(=O)N(c2ccc(C)c(Cl)c2)C1. The van der Waals surface area contributed by atoms with E-state index in [9.17, 15) is 9.59 Å². The molecule has 1 saturated heterocycles. The Morgan fingerprint density at radius 2 is 2.12 bits per heavy atom. The number of unbranched alkanes of at least 4 members (excludes halogenated alkanes) is 1. The van der Waals surface area contributed by atoms with Crippen LogP contribution in [0.5, 0.6) is 0 Å². The molecule has 1 fully saturated rings. The van der Waals surface area contributed by atoms with Crippen molar-refractivity contribution in [3.63, 3.8) is 0 Å². The van der Waals surface area contributed by atoms with Gasteiger partial charge in [0.15, 0.2) is 0 Å². The van der Waals surface area contributed by atoms with E-state index in [1.54, 1.807) is 11.0 Å². The molecule has 6 heteroatoms. The lowest BCUT2D eigenvalue weighted by atomic mass is 10.1. The number of aryl methyl sites for hydroxylation is 1. The van der Waals surface area contributed by atoms with Crippen LogP contribution in [0.25, 0.3) is 0 Å². The van der Waals surface area contributed by atoms with Gasteiger partial charge in [0.05, 0.1) is 5.92 Å². The Balaban J connectivity index is 1.77. The average Bonchev–Trinajstić information content (AvgIpc) is 2.98. The van der Waals surface area contributed by atoms with Crippen molar-refractivity contribution in [3.05, 3.63) is 28.8 Å². The number of hydrogen-bond acceptors (Lipinski definition) is 3. The molecule has 25 heavy (non-hydrogen) atoms. The first-order valence-corrected chi connectivity index (χ1v) is 9.32. The van der Waals surface area contributed by atoms with Crippen molar-refractivity contribution >= 4 is 29.1 Å². The van der Waals surface area contributed by atoms with Crippen molar-refractivity contribution in [3.8, 4) is 0 Å². The summed E-state index contributed by atoms with van der Waals surface area (Å²) < 4.78 is 5.47. The number of benzene rings is 1. The Hall–Kier alpha value is -1.59. The molecule has 2 rings (SSSR count). The molecule has 1 aliphatic rings. The molecule has 0 aromatic heterocycles. The van der Waals surface area contributed by atoms with E-state index in [1.807, 2.05) is 19.1 Å². The van der Waals surface area contributed by atoms with Gasteiger partial charge in [0.1, 0.15) is 0 Å². The van der Waals surface area contributed by atoms with Crippen molar-refractivity contribution in [2.75, 3.05) is 31.2 Å². The molecule has 0 spiro atoms. The first-order chi connectivity index (χ1) is 12.0. The zero-order valence-corrected chi connectivity index (χ0v) is 15.8. The third-order valence-corrected chi connectivity index (χ3v) is 4.78. The van der Waals surface area contributed by atoms with Gasteiger partial charge in [0.25, 0.3) is 0 Å². The second-order valence-corrected chi connectivity index (χ2v) is 6.86. The molecular formula is C19H27ClN2O3. The molecule has 0 unspecified atom stereocenters. The third-order valence-electron chi connectivity index (χ3n) is 4.37. The molecular weight excluding hydrogens is 340 g/mol. The second kappa shape index (κ2) is 9.78. The molecule has 1 N–H and O–H groups in total. The fourth-order valence-corrected chi connectivity index (χ4v) is 2.94. The van der Waals surface area contributed by atoms with Crippen LogP contribution in [0.4, 0.5) is 5.69 Å². The minimum absolute atomic E-state index is 0.0389. The molecule has 0 saturated carbocycles. The Bertz CT molecular complexity index is 606. The van der Waals surface area contributed by atoms with Crippen LogP contribution in [0.2, 0.25) is 5.02 Å². The quantitative estimate of drug-likeness (QED) is 0.682. The van der Waals surface area contributed by atoms with E-state index in [2.05, 4.69) is 12.2 Å². The Morgan fingerprint density at radius 1 is 1.36 bits per heavy atom. The highest BCUT2D eigenvalue weighted by atomic mass is 35.5. The predicted molar refractivity (Wildman–Crippen MR) is 100 cm³/mol. The first-order valence-electron chi connectivity index (χ1n) is 8.95. The van der Waals surface area contributed by atoms with Crippen LogP contribution in [0.3, 0.4) is 0 Å². The molecule has 5 nitrogen and oxygen atoms in total. The van der Waals surface area contributed by atoms with Crippen molar-refractivity contribution in [1.29, 1.82) is 0 Å². The fourth-order valence-electron chi connectivity index (χ4n) is 2.76. The van der Waals surface area contributed by atoms with Gasteiger partial charge in [-0.25, -0.2) is 0 Å². The average molecular weight is 367 g/mol. The van der Waals surface area contributed by atoms with Gasteiger partial charge in [-0.3, -0.25) is 9.59 Å². The molecule has 0 aliphatic carbocycles. The molecule has 0 radical (unpaired) electrons. The van der Waals surface area contributed by atoms with Crippen molar-refractivity contribution in [2.24, 2.45) is 5.92 Å². The third kappa shape index (κ3) is 5.72. The highest BCUT2D eigenvalue weighted by Crippen LogP contribution is 2.28. The minimum atomic E-state index is -0.311. The van der Waals surface area contributed by atoms with E-state index in [-0.39, 0.29) is 24.2 Å². The highest BCUT2D eigenvalue weighted by Gasteiger charge is 2.35. The summed E-state index contributed by atoms with van der Waals surface area (Å²) in [5.74, 6) is -0.417. The van der Waals surface area contributed by atoms with E-state index in [1.165, 1.54) is 0 Å². The van der Waals surface area contributed by atoms with Crippen LogP contribution in [0.1, 0.15) is 38.2 Å². The van der Waals surface area contributed by atoms with E-state index in [0.717, 1.165) is 37.1 Å². The number of amides is 2.